The summed E-state index contributed by atoms with van der Waals surface area (Å²) in [6, 6.07) is 10.4. The van der Waals surface area contributed by atoms with E-state index in [9.17, 15) is 5.26 Å². The summed E-state index contributed by atoms with van der Waals surface area (Å²) in [7, 11) is 0. The van der Waals surface area contributed by atoms with Crippen molar-refractivity contribution in [3.63, 3.8) is 0 Å². The summed E-state index contributed by atoms with van der Waals surface area (Å²) in [5.74, 6) is 0. The maximum atomic E-state index is 9.62. The molecule has 0 saturated carbocycles. The van der Waals surface area contributed by atoms with Gasteiger partial charge in [-0.1, -0.05) is 28.9 Å². The molecule has 1 aliphatic heterocycles. The van der Waals surface area contributed by atoms with Gasteiger partial charge in [-0.25, -0.2) is 0 Å². The number of halogens is 1. The number of nitriles is 1. The van der Waals surface area contributed by atoms with Crippen LogP contribution in [0, 0.1) is 11.3 Å². The summed E-state index contributed by atoms with van der Waals surface area (Å²) in [5.41, 5.74) is 0.216. The first-order valence-corrected chi connectivity index (χ1v) is 7.39. The molecule has 1 aromatic rings. The van der Waals surface area contributed by atoms with E-state index >= 15 is 0 Å². The minimum absolute atomic E-state index is 0.215. The molecule has 1 N–H and O–H groups in total. The summed E-state index contributed by atoms with van der Waals surface area (Å²) in [4.78, 5) is 0. The predicted octanol–water partition coefficient (Wildman–Crippen LogP) is 4.10. The van der Waals surface area contributed by atoms with Crippen molar-refractivity contribution >= 4 is 21.6 Å². The molecule has 19 heavy (non-hydrogen) atoms. The maximum absolute atomic E-state index is 9.62. The third-order valence-electron chi connectivity index (χ3n) is 3.83. The van der Waals surface area contributed by atoms with E-state index < -0.39 is 5.54 Å². The molecular weight excluding hydrogens is 304 g/mol. The zero-order valence-corrected chi connectivity index (χ0v) is 13.0. The fourth-order valence-corrected chi connectivity index (χ4v) is 2.95. The molecule has 0 amide bonds. The highest BCUT2D eigenvalue weighted by Gasteiger charge is 2.42. The Kier molecular flexibility index (Phi) is 4.17. The Bertz CT molecular complexity index is 499. The van der Waals surface area contributed by atoms with Crippen molar-refractivity contribution in [3.05, 3.63) is 28.7 Å². The lowest BCUT2D eigenvalue weighted by Crippen LogP contribution is -2.50. The van der Waals surface area contributed by atoms with Crippen molar-refractivity contribution in [2.45, 2.75) is 44.2 Å². The third kappa shape index (κ3) is 3.29. The van der Waals surface area contributed by atoms with Gasteiger partial charge in [-0.2, -0.15) is 5.26 Å². The van der Waals surface area contributed by atoms with Gasteiger partial charge in [0.1, 0.15) is 5.54 Å². The molecule has 0 bridgehead atoms. The smallest absolute Gasteiger partial charge is 0.130 e. The normalized spacial score (nSPS) is 30.6. The minimum atomic E-state index is -0.538. The van der Waals surface area contributed by atoms with Gasteiger partial charge in [-0.05, 0) is 31.5 Å². The Morgan fingerprint density at radius 3 is 2.95 bits per heavy atom. The lowest BCUT2D eigenvalue weighted by atomic mass is 9.80. The highest BCUT2D eigenvalue weighted by Crippen LogP contribution is 2.36. The number of nitrogens with zero attached hydrogens (tertiary/aromatic N) is 1. The summed E-state index contributed by atoms with van der Waals surface area (Å²) < 4.78 is 6.84. The van der Waals surface area contributed by atoms with Gasteiger partial charge in [0, 0.05) is 23.0 Å². The second kappa shape index (κ2) is 5.52. The van der Waals surface area contributed by atoms with Crippen molar-refractivity contribution in [3.8, 4) is 6.07 Å². The molecule has 102 valence electrons. The van der Waals surface area contributed by atoms with Crippen LogP contribution < -0.4 is 5.32 Å². The quantitative estimate of drug-likeness (QED) is 0.911. The second-order valence-corrected chi connectivity index (χ2v) is 6.32. The van der Waals surface area contributed by atoms with Crippen molar-refractivity contribution in [1.29, 1.82) is 5.26 Å². The zero-order valence-electron chi connectivity index (χ0n) is 11.4. The molecule has 0 radical (unpaired) electrons. The Morgan fingerprint density at radius 1 is 1.53 bits per heavy atom. The van der Waals surface area contributed by atoms with E-state index in [1.54, 1.807) is 0 Å². The molecule has 0 spiro atoms. The Labute approximate surface area is 123 Å². The minimum Gasteiger partial charge on any atom is -0.375 e. The predicted molar refractivity (Wildman–Crippen MR) is 80.0 cm³/mol. The van der Waals surface area contributed by atoms with E-state index in [2.05, 4.69) is 41.2 Å². The highest BCUT2D eigenvalue weighted by atomic mass is 79.9. The SMILES string of the molecule is CCC1(C)CC(C#N)(Nc2cccc(Br)c2)CCO1. The van der Waals surface area contributed by atoms with Crippen LogP contribution >= 0.6 is 15.9 Å². The highest BCUT2D eigenvalue weighted by molar-refractivity contribution is 9.10. The monoisotopic (exact) mass is 322 g/mol. The number of nitrogens with one attached hydrogen (secondary N) is 1. The molecule has 1 fully saturated rings. The van der Waals surface area contributed by atoms with Crippen molar-refractivity contribution in [2.24, 2.45) is 0 Å². The van der Waals surface area contributed by atoms with Crippen molar-refractivity contribution < 1.29 is 4.74 Å². The lowest BCUT2D eigenvalue weighted by molar-refractivity contribution is -0.0809. The fourth-order valence-electron chi connectivity index (χ4n) is 2.55. The largest absolute Gasteiger partial charge is 0.375 e. The van der Waals surface area contributed by atoms with Gasteiger partial charge in [0.05, 0.1) is 18.3 Å². The summed E-state index contributed by atoms with van der Waals surface area (Å²) in [6.45, 7) is 4.81. The zero-order chi connectivity index (χ0) is 13.9. The first-order chi connectivity index (χ1) is 9.01. The average molecular weight is 323 g/mol. The number of anilines is 1. The molecule has 0 aromatic heterocycles. The second-order valence-electron chi connectivity index (χ2n) is 5.41. The molecule has 2 rings (SSSR count). The Hall–Kier alpha value is -1.05. The van der Waals surface area contributed by atoms with Crippen LogP contribution in [0.2, 0.25) is 0 Å². The summed E-state index contributed by atoms with van der Waals surface area (Å²) >= 11 is 3.45. The molecule has 1 aliphatic rings. The van der Waals surface area contributed by atoms with E-state index in [1.807, 2.05) is 24.3 Å². The van der Waals surface area contributed by atoms with E-state index in [4.69, 9.17) is 4.74 Å². The average Bonchev–Trinajstić information content (AvgIpc) is 2.39. The Morgan fingerprint density at radius 2 is 2.32 bits per heavy atom. The van der Waals surface area contributed by atoms with Crippen LogP contribution in [0.1, 0.15) is 33.1 Å². The molecule has 3 nitrogen and oxygen atoms in total. The first kappa shape index (κ1) is 14.4. The number of ether oxygens (including phenoxy) is 1. The number of benzene rings is 1. The van der Waals surface area contributed by atoms with E-state index in [0.717, 1.165) is 16.6 Å². The van der Waals surface area contributed by atoms with Crippen LogP contribution in [-0.2, 0) is 4.74 Å². The molecule has 4 heteroatoms. The number of hydrogen-bond acceptors (Lipinski definition) is 3. The number of hydrogen-bond donors (Lipinski definition) is 1. The van der Waals surface area contributed by atoms with E-state index in [0.29, 0.717) is 19.4 Å². The third-order valence-corrected chi connectivity index (χ3v) is 4.32. The van der Waals surface area contributed by atoms with Gasteiger partial charge in [-0.3, -0.25) is 0 Å². The first-order valence-electron chi connectivity index (χ1n) is 6.60. The molecule has 1 saturated heterocycles. The lowest BCUT2D eigenvalue weighted by Gasteiger charge is -2.43. The van der Waals surface area contributed by atoms with Crippen LogP contribution in [0.3, 0.4) is 0 Å². The van der Waals surface area contributed by atoms with Gasteiger partial charge in [0.25, 0.3) is 0 Å². The standard InChI is InChI=1S/C15H19BrN2O/c1-3-14(2)10-15(11-17,7-8-19-14)18-13-6-4-5-12(16)9-13/h4-6,9,18H,3,7-8,10H2,1-2H3. The van der Waals surface area contributed by atoms with Gasteiger partial charge in [0.15, 0.2) is 0 Å². The maximum Gasteiger partial charge on any atom is 0.130 e. The Balaban J connectivity index is 2.22. The molecule has 2 unspecified atom stereocenters. The van der Waals surface area contributed by atoms with Crippen LogP contribution in [0.5, 0.6) is 0 Å². The summed E-state index contributed by atoms with van der Waals surface area (Å²) in [5, 5.41) is 13.0. The van der Waals surface area contributed by atoms with Gasteiger partial charge < -0.3 is 10.1 Å². The van der Waals surface area contributed by atoms with Crippen LogP contribution in [0.4, 0.5) is 5.69 Å². The molecular formula is C15H19BrN2O. The van der Waals surface area contributed by atoms with Crippen molar-refractivity contribution in [2.75, 3.05) is 11.9 Å². The summed E-state index contributed by atoms with van der Waals surface area (Å²) in [6.07, 6.45) is 2.34. The topological polar surface area (TPSA) is 45.0 Å². The van der Waals surface area contributed by atoms with Gasteiger partial charge >= 0.3 is 0 Å². The molecule has 1 aromatic carbocycles. The van der Waals surface area contributed by atoms with E-state index in [1.165, 1.54) is 0 Å². The van der Waals surface area contributed by atoms with E-state index in [-0.39, 0.29) is 5.60 Å². The fraction of sp³-hybridized carbons (Fsp3) is 0.533. The number of rotatable bonds is 3. The molecule has 1 heterocycles. The van der Waals surface area contributed by atoms with Gasteiger partial charge in [-0.15, -0.1) is 0 Å². The van der Waals surface area contributed by atoms with Crippen LogP contribution in [0.25, 0.3) is 0 Å². The van der Waals surface area contributed by atoms with Crippen LogP contribution in [0.15, 0.2) is 28.7 Å². The van der Waals surface area contributed by atoms with Gasteiger partial charge in [0.2, 0.25) is 0 Å². The van der Waals surface area contributed by atoms with Crippen LogP contribution in [-0.4, -0.2) is 17.7 Å². The molecule has 2 atom stereocenters. The molecule has 0 aliphatic carbocycles. The van der Waals surface area contributed by atoms with Crippen molar-refractivity contribution in [1.82, 2.24) is 0 Å².